The van der Waals surface area contributed by atoms with Crippen LogP contribution in [0.3, 0.4) is 0 Å². The zero-order chi connectivity index (χ0) is 14.4. The van der Waals surface area contributed by atoms with Crippen LogP contribution in [0.25, 0.3) is 0 Å². The zero-order valence-corrected chi connectivity index (χ0v) is 12.4. The van der Waals surface area contributed by atoms with Crippen LogP contribution in [-0.2, 0) is 9.53 Å². The first-order valence-corrected chi connectivity index (χ1v) is 6.97. The van der Waals surface area contributed by atoms with E-state index in [1.54, 1.807) is 4.90 Å². The van der Waals surface area contributed by atoms with Crippen molar-refractivity contribution in [2.75, 3.05) is 13.1 Å². The minimum atomic E-state index is -0.460. The summed E-state index contributed by atoms with van der Waals surface area (Å²) in [4.78, 5) is 25.5. The summed E-state index contributed by atoms with van der Waals surface area (Å²) >= 11 is 0. The van der Waals surface area contributed by atoms with E-state index in [2.05, 4.69) is 5.32 Å². The number of rotatable bonds is 2. The Morgan fingerprint density at radius 3 is 2.16 bits per heavy atom. The second kappa shape index (κ2) is 4.69. The fourth-order valence-corrected chi connectivity index (χ4v) is 2.77. The van der Waals surface area contributed by atoms with Crippen molar-refractivity contribution >= 4 is 12.0 Å². The van der Waals surface area contributed by atoms with Crippen LogP contribution in [0.1, 0.15) is 34.6 Å². The van der Waals surface area contributed by atoms with Crippen molar-refractivity contribution in [2.24, 2.45) is 17.8 Å². The van der Waals surface area contributed by atoms with E-state index >= 15 is 0 Å². The topological polar surface area (TPSA) is 58.6 Å². The molecule has 2 aliphatic rings. The maximum atomic E-state index is 11.9. The van der Waals surface area contributed by atoms with Gasteiger partial charge in [0, 0.05) is 25.0 Å². The van der Waals surface area contributed by atoms with Gasteiger partial charge < -0.3 is 15.0 Å². The Morgan fingerprint density at radius 2 is 1.74 bits per heavy atom. The molecule has 19 heavy (non-hydrogen) atoms. The first kappa shape index (κ1) is 14.2. The number of carbonyl (C=O) groups is 2. The molecule has 1 aliphatic heterocycles. The number of piperidine rings is 1. The second-order valence-corrected chi connectivity index (χ2v) is 6.90. The molecule has 2 unspecified atom stereocenters. The summed E-state index contributed by atoms with van der Waals surface area (Å²) in [5, 5.41) is 2.94. The van der Waals surface area contributed by atoms with Crippen molar-refractivity contribution in [3.63, 3.8) is 0 Å². The molecule has 2 rings (SSSR count). The standard InChI is InChI=1S/C14H24N2O3/c1-8(2)15-12(17)11-9-6-16(7-10(9)11)13(18)19-14(3,4)5/h8-11H,6-7H2,1-5H3,(H,15,17)/t9-,10?,11?/m1/s1. The predicted octanol–water partition coefficient (Wildman–Crippen LogP) is 1.62. The Bertz CT molecular complexity index is 375. The third-order valence-electron chi connectivity index (χ3n) is 3.58. The van der Waals surface area contributed by atoms with Crippen LogP contribution in [0.15, 0.2) is 0 Å². The second-order valence-electron chi connectivity index (χ2n) is 6.90. The van der Waals surface area contributed by atoms with Crippen molar-refractivity contribution < 1.29 is 14.3 Å². The minimum absolute atomic E-state index is 0.0982. The fourth-order valence-electron chi connectivity index (χ4n) is 2.77. The Labute approximate surface area is 114 Å². The smallest absolute Gasteiger partial charge is 0.410 e. The molecule has 108 valence electrons. The lowest BCUT2D eigenvalue weighted by molar-refractivity contribution is -0.123. The van der Waals surface area contributed by atoms with E-state index in [0.29, 0.717) is 24.9 Å². The molecule has 5 heteroatoms. The molecule has 2 amide bonds. The minimum Gasteiger partial charge on any atom is -0.444 e. The van der Waals surface area contributed by atoms with E-state index in [9.17, 15) is 9.59 Å². The Hall–Kier alpha value is -1.26. The van der Waals surface area contributed by atoms with E-state index in [0.717, 1.165) is 0 Å². The number of hydrogen-bond acceptors (Lipinski definition) is 3. The van der Waals surface area contributed by atoms with Crippen LogP contribution in [0, 0.1) is 17.8 Å². The van der Waals surface area contributed by atoms with Crippen molar-refractivity contribution in [3.05, 3.63) is 0 Å². The summed E-state index contributed by atoms with van der Waals surface area (Å²) in [5.41, 5.74) is -0.460. The number of likely N-dealkylation sites (tertiary alicyclic amines) is 1. The average molecular weight is 268 g/mol. The third kappa shape index (κ3) is 3.19. The molecule has 3 atom stereocenters. The number of amides is 2. The van der Waals surface area contributed by atoms with Gasteiger partial charge in [-0.25, -0.2) is 4.79 Å². The maximum absolute atomic E-state index is 11.9. The number of carbonyl (C=O) groups excluding carboxylic acids is 2. The van der Waals surface area contributed by atoms with Crippen LogP contribution < -0.4 is 5.32 Å². The highest BCUT2D eigenvalue weighted by atomic mass is 16.6. The third-order valence-corrected chi connectivity index (χ3v) is 3.58. The molecule has 0 spiro atoms. The van der Waals surface area contributed by atoms with Gasteiger partial charge in [-0.1, -0.05) is 0 Å². The summed E-state index contributed by atoms with van der Waals surface area (Å²) in [6, 6.07) is 0.177. The zero-order valence-electron chi connectivity index (χ0n) is 12.4. The first-order chi connectivity index (χ1) is 8.69. The first-order valence-electron chi connectivity index (χ1n) is 6.97. The predicted molar refractivity (Wildman–Crippen MR) is 71.6 cm³/mol. The van der Waals surface area contributed by atoms with Crippen LogP contribution in [-0.4, -0.2) is 41.6 Å². The van der Waals surface area contributed by atoms with Gasteiger partial charge in [0.05, 0.1) is 0 Å². The molecule has 0 radical (unpaired) electrons. The molecule has 2 fully saturated rings. The summed E-state index contributed by atoms with van der Waals surface area (Å²) in [5.74, 6) is 0.882. The maximum Gasteiger partial charge on any atom is 0.410 e. The van der Waals surface area contributed by atoms with Crippen molar-refractivity contribution in [1.29, 1.82) is 0 Å². The Morgan fingerprint density at radius 1 is 1.21 bits per heavy atom. The lowest BCUT2D eigenvalue weighted by Gasteiger charge is -2.25. The van der Waals surface area contributed by atoms with E-state index < -0.39 is 5.60 Å². The molecule has 5 nitrogen and oxygen atoms in total. The SMILES string of the molecule is CC(C)NC(=O)C1C2CN(C(=O)OC(C)(C)C)C[C@H]21. The molecular formula is C14H24N2O3. The van der Waals surface area contributed by atoms with Gasteiger partial charge in [-0.2, -0.15) is 0 Å². The number of hydrogen-bond donors (Lipinski definition) is 1. The normalized spacial score (nSPS) is 29.2. The average Bonchev–Trinajstić information content (AvgIpc) is 2.70. The van der Waals surface area contributed by atoms with Gasteiger partial charge in [0.2, 0.25) is 5.91 Å². The van der Waals surface area contributed by atoms with Gasteiger partial charge in [-0.15, -0.1) is 0 Å². The van der Waals surface area contributed by atoms with Crippen LogP contribution in [0.4, 0.5) is 4.79 Å². The van der Waals surface area contributed by atoms with E-state index in [1.165, 1.54) is 0 Å². The molecular weight excluding hydrogens is 244 g/mol. The van der Waals surface area contributed by atoms with Crippen molar-refractivity contribution in [2.45, 2.75) is 46.3 Å². The molecule has 1 N–H and O–H groups in total. The van der Waals surface area contributed by atoms with Crippen molar-refractivity contribution in [3.8, 4) is 0 Å². The molecule has 1 aliphatic carbocycles. The molecule has 1 saturated carbocycles. The summed E-state index contributed by atoms with van der Waals surface area (Å²) < 4.78 is 5.34. The molecule has 1 heterocycles. The molecule has 0 aromatic heterocycles. The van der Waals surface area contributed by atoms with Crippen LogP contribution >= 0.6 is 0 Å². The molecule has 0 aromatic rings. The molecule has 1 saturated heterocycles. The highest BCUT2D eigenvalue weighted by Gasteiger charge is 2.60. The highest BCUT2D eigenvalue weighted by Crippen LogP contribution is 2.52. The number of nitrogens with one attached hydrogen (secondary N) is 1. The molecule has 0 bridgehead atoms. The Kier molecular flexibility index (Phi) is 3.49. The van der Waals surface area contributed by atoms with E-state index in [1.807, 2.05) is 34.6 Å². The van der Waals surface area contributed by atoms with Gasteiger partial charge in [0.1, 0.15) is 5.60 Å². The van der Waals surface area contributed by atoms with Crippen molar-refractivity contribution in [1.82, 2.24) is 10.2 Å². The highest BCUT2D eigenvalue weighted by molar-refractivity contribution is 5.83. The van der Waals surface area contributed by atoms with Gasteiger partial charge in [0.25, 0.3) is 0 Å². The number of nitrogens with zero attached hydrogens (tertiary/aromatic N) is 1. The van der Waals surface area contributed by atoms with Gasteiger partial charge in [0.15, 0.2) is 0 Å². The monoisotopic (exact) mass is 268 g/mol. The summed E-state index contributed by atoms with van der Waals surface area (Å²) in [6.45, 7) is 10.8. The van der Waals surface area contributed by atoms with Gasteiger partial charge >= 0.3 is 6.09 Å². The number of ether oxygens (including phenoxy) is 1. The molecule has 0 aromatic carbocycles. The summed E-state index contributed by atoms with van der Waals surface area (Å²) in [7, 11) is 0. The van der Waals surface area contributed by atoms with Gasteiger partial charge in [-0.3, -0.25) is 4.79 Å². The lowest BCUT2D eigenvalue weighted by Crippen LogP contribution is -2.39. The van der Waals surface area contributed by atoms with Crippen LogP contribution in [0.5, 0.6) is 0 Å². The van der Waals surface area contributed by atoms with E-state index in [-0.39, 0.29) is 24.0 Å². The quantitative estimate of drug-likeness (QED) is 0.828. The van der Waals surface area contributed by atoms with Crippen LogP contribution in [0.2, 0.25) is 0 Å². The van der Waals surface area contributed by atoms with E-state index in [4.69, 9.17) is 4.74 Å². The number of fused-ring (bicyclic) bond motifs is 1. The summed E-state index contributed by atoms with van der Waals surface area (Å²) in [6.07, 6.45) is -0.261. The lowest BCUT2D eigenvalue weighted by atomic mass is 10.2. The van der Waals surface area contributed by atoms with Gasteiger partial charge in [-0.05, 0) is 46.5 Å². The Balaban J connectivity index is 1.80. The largest absolute Gasteiger partial charge is 0.444 e. The fraction of sp³-hybridized carbons (Fsp3) is 0.857.